The molecule has 9 heteroatoms. The molecule has 0 aliphatic rings. The van der Waals surface area contributed by atoms with Crippen LogP contribution in [0.4, 0.5) is 4.39 Å². The molecule has 6 nitrogen and oxygen atoms in total. The number of hydrogen-bond donors (Lipinski definition) is 2. The number of hydrogen-bond acceptors (Lipinski definition) is 4. The van der Waals surface area contributed by atoms with E-state index in [1.54, 1.807) is 32.0 Å². The number of benzene rings is 2. The van der Waals surface area contributed by atoms with Gasteiger partial charge in [-0.15, -0.1) is 0 Å². The molecule has 27 heavy (non-hydrogen) atoms. The van der Waals surface area contributed by atoms with Crippen molar-refractivity contribution < 1.29 is 22.3 Å². The third kappa shape index (κ3) is 6.60. The first-order valence-electron chi connectivity index (χ1n) is 8.13. The van der Waals surface area contributed by atoms with Crippen LogP contribution >= 0.6 is 15.9 Å². The Morgan fingerprint density at radius 1 is 1.22 bits per heavy atom. The molecular formula is C18H20BrFN2O4S. The summed E-state index contributed by atoms with van der Waals surface area (Å²) in [6.45, 7) is 3.23. The predicted octanol–water partition coefficient (Wildman–Crippen LogP) is 2.97. The lowest BCUT2D eigenvalue weighted by Crippen LogP contribution is -2.30. The van der Waals surface area contributed by atoms with Crippen LogP contribution < -0.4 is 14.8 Å². The molecule has 2 N–H and O–H groups in total. The summed E-state index contributed by atoms with van der Waals surface area (Å²) in [6.07, 6.45) is 0. The molecule has 0 aliphatic carbocycles. The highest BCUT2D eigenvalue weighted by atomic mass is 79.9. The van der Waals surface area contributed by atoms with Gasteiger partial charge in [0.15, 0.2) is 18.2 Å². The largest absolute Gasteiger partial charge is 0.481 e. The summed E-state index contributed by atoms with van der Waals surface area (Å²) in [4.78, 5) is 12.0. The van der Waals surface area contributed by atoms with Gasteiger partial charge in [0.05, 0.1) is 4.90 Å². The quantitative estimate of drug-likeness (QED) is 0.636. The first kappa shape index (κ1) is 21.3. The van der Waals surface area contributed by atoms with E-state index in [1.807, 2.05) is 0 Å². The fourth-order valence-electron chi connectivity index (χ4n) is 2.19. The molecule has 2 aromatic rings. The average Bonchev–Trinajstić information content (AvgIpc) is 2.58. The highest BCUT2D eigenvalue weighted by Crippen LogP contribution is 2.21. The molecule has 146 valence electrons. The Labute approximate surface area is 166 Å². The number of sulfonamides is 1. The third-order valence-electron chi connectivity index (χ3n) is 3.34. The van der Waals surface area contributed by atoms with Gasteiger partial charge >= 0.3 is 0 Å². The van der Waals surface area contributed by atoms with E-state index in [2.05, 4.69) is 26.0 Å². The molecule has 0 bridgehead atoms. The van der Waals surface area contributed by atoms with Crippen molar-refractivity contribution in [3.8, 4) is 5.75 Å². The number of halogens is 2. The van der Waals surface area contributed by atoms with E-state index in [4.69, 9.17) is 4.74 Å². The van der Waals surface area contributed by atoms with Crippen LogP contribution in [0.25, 0.3) is 0 Å². The van der Waals surface area contributed by atoms with Crippen molar-refractivity contribution in [2.24, 2.45) is 0 Å². The van der Waals surface area contributed by atoms with Crippen molar-refractivity contribution >= 4 is 31.9 Å². The standard InChI is InChI=1S/C18H20BrFN2O4S/c1-12(2)22-27(24,25)15-5-3-4-13(8-15)10-21-18(23)11-26-17-7-6-14(19)9-16(17)20/h3-9,12,22H,10-11H2,1-2H3,(H,21,23). The summed E-state index contributed by atoms with van der Waals surface area (Å²) in [5.74, 6) is -1.06. The van der Waals surface area contributed by atoms with Gasteiger partial charge in [0, 0.05) is 17.1 Å². The number of carbonyl (C=O) groups is 1. The fourth-order valence-corrected chi connectivity index (χ4v) is 3.84. The van der Waals surface area contributed by atoms with E-state index in [9.17, 15) is 17.6 Å². The Bertz CT molecular complexity index is 919. The maximum absolute atomic E-state index is 13.6. The Kier molecular flexibility index (Phi) is 7.34. The van der Waals surface area contributed by atoms with Gasteiger partial charge in [0.2, 0.25) is 10.0 Å². The summed E-state index contributed by atoms with van der Waals surface area (Å²) < 4.78 is 46.2. The summed E-state index contributed by atoms with van der Waals surface area (Å²) in [5.41, 5.74) is 0.616. The van der Waals surface area contributed by atoms with Crippen LogP contribution in [0.1, 0.15) is 19.4 Å². The van der Waals surface area contributed by atoms with Crippen LogP contribution in [0.2, 0.25) is 0 Å². The smallest absolute Gasteiger partial charge is 0.258 e. The minimum absolute atomic E-state index is 0.0267. The number of nitrogens with one attached hydrogen (secondary N) is 2. The molecule has 0 heterocycles. The Morgan fingerprint density at radius 3 is 2.63 bits per heavy atom. The van der Waals surface area contributed by atoms with Crippen molar-refractivity contribution in [1.29, 1.82) is 0 Å². The second kappa shape index (κ2) is 9.29. The molecule has 2 rings (SSSR count). The van der Waals surface area contributed by atoms with Gasteiger partial charge in [-0.1, -0.05) is 28.1 Å². The first-order chi connectivity index (χ1) is 12.7. The van der Waals surface area contributed by atoms with Crippen molar-refractivity contribution in [3.05, 3.63) is 58.3 Å². The van der Waals surface area contributed by atoms with Crippen LogP contribution in [0.5, 0.6) is 5.75 Å². The molecule has 0 aromatic heterocycles. The number of ether oxygens (including phenoxy) is 1. The lowest BCUT2D eigenvalue weighted by molar-refractivity contribution is -0.123. The van der Waals surface area contributed by atoms with E-state index in [1.165, 1.54) is 24.3 Å². The molecule has 0 spiro atoms. The number of carbonyl (C=O) groups excluding carboxylic acids is 1. The van der Waals surface area contributed by atoms with Gasteiger partial charge in [0.1, 0.15) is 0 Å². The van der Waals surface area contributed by atoms with Gasteiger partial charge < -0.3 is 10.1 Å². The van der Waals surface area contributed by atoms with Gasteiger partial charge in [0.25, 0.3) is 5.91 Å². The average molecular weight is 459 g/mol. The van der Waals surface area contributed by atoms with Gasteiger partial charge in [-0.25, -0.2) is 17.5 Å². The zero-order chi connectivity index (χ0) is 20.0. The van der Waals surface area contributed by atoms with E-state index >= 15 is 0 Å². The molecule has 0 unspecified atom stereocenters. The van der Waals surface area contributed by atoms with Gasteiger partial charge in [-0.05, 0) is 49.7 Å². The maximum atomic E-state index is 13.6. The summed E-state index contributed by atoms with van der Waals surface area (Å²) in [6, 6.07) is 10.3. The zero-order valence-corrected chi connectivity index (χ0v) is 17.2. The van der Waals surface area contributed by atoms with Crippen LogP contribution in [0, 0.1) is 5.82 Å². The number of rotatable bonds is 8. The van der Waals surface area contributed by atoms with Crippen LogP contribution in [0.15, 0.2) is 51.8 Å². The summed E-state index contributed by atoms with van der Waals surface area (Å²) in [7, 11) is -3.61. The lowest BCUT2D eigenvalue weighted by atomic mass is 10.2. The Morgan fingerprint density at radius 2 is 1.96 bits per heavy atom. The third-order valence-corrected chi connectivity index (χ3v) is 5.49. The molecule has 0 saturated heterocycles. The molecular weight excluding hydrogens is 439 g/mol. The summed E-state index contributed by atoms with van der Waals surface area (Å²) >= 11 is 3.14. The van der Waals surface area contributed by atoms with E-state index in [0.717, 1.165) is 0 Å². The number of amides is 1. The predicted molar refractivity (Wildman–Crippen MR) is 103 cm³/mol. The maximum Gasteiger partial charge on any atom is 0.258 e. The van der Waals surface area contributed by atoms with Crippen LogP contribution in [0.3, 0.4) is 0 Å². The van der Waals surface area contributed by atoms with E-state index in [-0.39, 0.29) is 29.8 Å². The SMILES string of the molecule is CC(C)NS(=O)(=O)c1cccc(CNC(=O)COc2ccc(Br)cc2F)c1. The monoisotopic (exact) mass is 458 g/mol. The fraction of sp³-hybridized carbons (Fsp3) is 0.278. The minimum Gasteiger partial charge on any atom is -0.481 e. The van der Waals surface area contributed by atoms with E-state index in [0.29, 0.717) is 10.0 Å². The van der Waals surface area contributed by atoms with Gasteiger partial charge in [-0.3, -0.25) is 4.79 Å². The van der Waals surface area contributed by atoms with Crippen LogP contribution in [-0.4, -0.2) is 27.0 Å². The van der Waals surface area contributed by atoms with Gasteiger partial charge in [-0.2, -0.15) is 0 Å². The second-order valence-corrected chi connectivity index (χ2v) is 8.69. The highest BCUT2D eigenvalue weighted by molar-refractivity contribution is 9.10. The molecule has 0 aliphatic heterocycles. The Balaban J connectivity index is 1.92. The second-order valence-electron chi connectivity index (χ2n) is 6.06. The molecule has 0 saturated carbocycles. The molecule has 1 amide bonds. The van der Waals surface area contributed by atoms with E-state index < -0.39 is 21.7 Å². The van der Waals surface area contributed by atoms with Crippen LogP contribution in [-0.2, 0) is 21.4 Å². The lowest BCUT2D eigenvalue weighted by Gasteiger charge is -2.11. The highest BCUT2D eigenvalue weighted by Gasteiger charge is 2.15. The molecule has 0 fully saturated rings. The van der Waals surface area contributed by atoms with Crippen molar-refractivity contribution in [2.45, 2.75) is 31.3 Å². The first-order valence-corrected chi connectivity index (χ1v) is 10.4. The molecule has 2 aromatic carbocycles. The summed E-state index contributed by atoms with van der Waals surface area (Å²) in [5, 5.41) is 2.61. The Hall–Kier alpha value is -1.97. The molecule has 0 radical (unpaired) electrons. The zero-order valence-electron chi connectivity index (χ0n) is 14.8. The molecule has 0 atom stereocenters. The minimum atomic E-state index is -3.61. The van der Waals surface area contributed by atoms with Crippen molar-refractivity contribution in [1.82, 2.24) is 10.0 Å². The van der Waals surface area contributed by atoms with Crippen molar-refractivity contribution in [2.75, 3.05) is 6.61 Å². The topological polar surface area (TPSA) is 84.5 Å². The van der Waals surface area contributed by atoms with Crippen molar-refractivity contribution in [3.63, 3.8) is 0 Å². The normalized spacial score (nSPS) is 11.4.